The molecule has 2 aromatic carbocycles. The van der Waals surface area contributed by atoms with E-state index in [0.717, 1.165) is 20.6 Å². The Morgan fingerprint density at radius 3 is 2.54 bits per heavy atom. The van der Waals surface area contributed by atoms with Crippen LogP contribution in [0.3, 0.4) is 0 Å². The molecule has 3 aromatic rings. The van der Waals surface area contributed by atoms with Crippen LogP contribution in [-0.2, 0) is 11.0 Å². The number of alkyl halides is 1. The summed E-state index contributed by atoms with van der Waals surface area (Å²) >= 11 is 4.01. The van der Waals surface area contributed by atoms with Crippen LogP contribution in [0.25, 0.3) is 0 Å². The average molecular weight is 505 g/mol. The highest BCUT2D eigenvalue weighted by atomic mass is 127. The highest BCUT2D eigenvalue weighted by molar-refractivity contribution is 14.1. The normalized spacial score (nSPS) is 15.8. The minimum atomic E-state index is -0.423. The summed E-state index contributed by atoms with van der Waals surface area (Å²) in [4.78, 5) is 27.8. The molecule has 0 aliphatic carbocycles. The van der Waals surface area contributed by atoms with Crippen molar-refractivity contribution in [2.24, 2.45) is 0 Å². The third-order valence-corrected chi connectivity index (χ3v) is 7.08. The molecule has 0 fully saturated rings. The minimum Gasteiger partial charge on any atom is -0.360 e. The molecule has 0 saturated heterocycles. The van der Waals surface area contributed by atoms with Crippen molar-refractivity contribution in [3.05, 3.63) is 91.7 Å². The van der Waals surface area contributed by atoms with Crippen molar-refractivity contribution >= 4 is 51.2 Å². The molecule has 142 valence electrons. The number of nitrogens with one attached hydrogen (secondary N) is 1. The number of nitrogens with zero attached hydrogens (tertiary/aromatic N) is 2. The quantitative estimate of drug-likeness (QED) is 0.219. The van der Waals surface area contributed by atoms with Crippen molar-refractivity contribution in [2.75, 3.05) is 5.32 Å². The Morgan fingerprint density at radius 1 is 1.11 bits per heavy atom. The first-order valence-corrected chi connectivity index (χ1v) is 11.0. The number of hydrogen-bond donors (Lipinski definition) is 1. The van der Waals surface area contributed by atoms with Crippen molar-refractivity contribution in [3.63, 3.8) is 0 Å². The van der Waals surface area contributed by atoms with Crippen molar-refractivity contribution < 1.29 is 9.72 Å². The third-order valence-electron chi connectivity index (χ3n) is 4.61. The van der Waals surface area contributed by atoms with Gasteiger partial charge in [0.15, 0.2) is 0 Å². The molecule has 1 N–H and O–H groups in total. The molecule has 0 spiro atoms. The van der Waals surface area contributed by atoms with Gasteiger partial charge in [0, 0.05) is 38.5 Å². The van der Waals surface area contributed by atoms with Crippen molar-refractivity contribution in [3.8, 4) is 0 Å². The van der Waals surface area contributed by atoms with Gasteiger partial charge < -0.3 is 10.2 Å². The lowest BCUT2D eigenvalue weighted by atomic mass is 10.1. The Bertz CT molecular complexity index is 1040. The van der Waals surface area contributed by atoms with Crippen molar-refractivity contribution in [1.82, 2.24) is 4.90 Å². The Labute approximate surface area is 179 Å². The molecule has 0 bridgehead atoms. The Balaban J connectivity index is 1.70. The Kier molecular flexibility index (Phi) is 5.31. The van der Waals surface area contributed by atoms with Gasteiger partial charge in [0.05, 0.1) is 10.5 Å². The molecule has 8 heteroatoms. The van der Waals surface area contributed by atoms with E-state index >= 15 is 0 Å². The largest absolute Gasteiger partial charge is 0.360 e. The maximum Gasteiger partial charge on any atom is 0.269 e. The molecule has 6 nitrogen and oxygen atoms in total. The lowest BCUT2D eigenvalue weighted by Gasteiger charge is -2.37. The number of nitro groups is 1. The molecular formula is C20H16IN3O3S. The maximum absolute atomic E-state index is 13.2. The van der Waals surface area contributed by atoms with Crippen LogP contribution >= 0.6 is 33.9 Å². The van der Waals surface area contributed by atoms with Gasteiger partial charge in [-0.25, -0.2) is 0 Å². The molecule has 1 unspecified atom stereocenters. The van der Waals surface area contributed by atoms with Gasteiger partial charge in [0.25, 0.3) is 11.6 Å². The number of anilines is 1. The number of thiophene rings is 1. The number of nitro benzene ring substituents is 1. The second kappa shape index (κ2) is 7.88. The molecule has 0 radical (unpaired) electrons. The Hall–Kier alpha value is -2.46. The summed E-state index contributed by atoms with van der Waals surface area (Å²) in [5.41, 5.74) is 2.34. The molecule has 1 aliphatic rings. The van der Waals surface area contributed by atoms with E-state index in [9.17, 15) is 14.9 Å². The summed E-state index contributed by atoms with van der Waals surface area (Å²) in [6, 6.07) is 18.0. The van der Waals surface area contributed by atoms with Crippen LogP contribution in [0.4, 0.5) is 11.4 Å². The molecule has 4 rings (SSSR count). The zero-order chi connectivity index (χ0) is 19.7. The monoisotopic (exact) mass is 505 g/mol. The van der Waals surface area contributed by atoms with Crippen molar-refractivity contribution in [1.29, 1.82) is 0 Å². The van der Waals surface area contributed by atoms with Crippen LogP contribution in [0.15, 0.2) is 60.7 Å². The average Bonchev–Trinajstić information content (AvgIpc) is 3.19. The first-order chi connectivity index (χ1) is 13.6. The van der Waals surface area contributed by atoms with E-state index in [1.54, 1.807) is 28.4 Å². The number of amides is 1. The molecule has 2 heterocycles. The topological polar surface area (TPSA) is 75.5 Å². The first kappa shape index (κ1) is 18.9. The zero-order valence-electron chi connectivity index (χ0n) is 14.7. The molecular weight excluding hydrogens is 489 g/mol. The lowest BCUT2D eigenvalue weighted by Crippen LogP contribution is -2.42. The van der Waals surface area contributed by atoms with Gasteiger partial charge >= 0.3 is 0 Å². The molecule has 1 aromatic heterocycles. The number of carbonyl (C=O) groups excluding carboxylic acids is 1. The van der Waals surface area contributed by atoms with Gasteiger partial charge in [-0.3, -0.25) is 14.9 Å². The fourth-order valence-corrected chi connectivity index (χ4v) is 4.86. The van der Waals surface area contributed by atoms with Crippen LogP contribution < -0.4 is 5.32 Å². The smallest absolute Gasteiger partial charge is 0.269 e. The van der Waals surface area contributed by atoms with E-state index in [-0.39, 0.29) is 17.8 Å². The molecule has 1 atom stereocenters. The summed E-state index contributed by atoms with van der Waals surface area (Å²) in [5, 5.41) is 14.4. The van der Waals surface area contributed by atoms with Gasteiger partial charge in [-0.05, 0) is 29.8 Å². The summed E-state index contributed by atoms with van der Waals surface area (Å²) in [6.45, 7) is 0.361. The Morgan fingerprint density at radius 2 is 1.86 bits per heavy atom. The van der Waals surface area contributed by atoms with E-state index < -0.39 is 4.92 Å². The fraction of sp³-hybridized carbons (Fsp3) is 0.150. The van der Waals surface area contributed by atoms with E-state index in [2.05, 4.69) is 40.0 Å². The lowest BCUT2D eigenvalue weighted by molar-refractivity contribution is -0.384. The zero-order valence-corrected chi connectivity index (χ0v) is 17.6. The second-order valence-electron chi connectivity index (χ2n) is 6.39. The minimum absolute atomic E-state index is 0.0404. The van der Waals surface area contributed by atoms with Gasteiger partial charge in [0.2, 0.25) is 0 Å². The van der Waals surface area contributed by atoms with Crippen LogP contribution in [0.1, 0.15) is 31.8 Å². The van der Waals surface area contributed by atoms with Gasteiger partial charge in [-0.1, -0.05) is 46.9 Å². The van der Waals surface area contributed by atoms with Crippen LogP contribution in [0.2, 0.25) is 0 Å². The van der Waals surface area contributed by atoms with Gasteiger partial charge in [-0.15, -0.1) is 11.3 Å². The van der Waals surface area contributed by atoms with Gasteiger partial charge in [-0.2, -0.15) is 0 Å². The van der Waals surface area contributed by atoms with E-state index in [1.165, 1.54) is 17.0 Å². The number of hydrogen-bond acceptors (Lipinski definition) is 5. The summed E-state index contributed by atoms with van der Waals surface area (Å²) in [7, 11) is 0. The van der Waals surface area contributed by atoms with E-state index in [1.807, 2.05) is 24.3 Å². The van der Waals surface area contributed by atoms with Gasteiger partial charge in [0.1, 0.15) is 6.17 Å². The van der Waals surface area contributed by atoms with Crippen LogP contribution in [-0.4, -0.2) is 15.7 Å². The molecule has 1 aliphatic heterocycles. The maximum atomic E-state index is 13.2. The molecule has 1 amide bonds. The predicted molar refractivity (Wildman–Crippen MR) is 118 cm³/mol. The summed E-state index contributed by atoms with van der Waals surface area (Å²) in [6.07, 6.45) is -0.278. The van der Waals surface area contributed by atoms with Crippen LogP contribution in [0.5, 0.6) is 0 Å². The number of para-hydroxylation sites is 1. The number of benzene rings is 2. The molecule has 0 saturated carbocycles. The first-order valence-electron chi connectivity index (χ1n) is 8.61. The fourth-order valence-electron chi connectivity index (χ4n) is 3.21. The summed E-state index contributed by atoms with van der Waals surface area (Å²) in [5.74, 6) is -0.0536. The van der Waals surface area contributed by atoms with E-state index in [0.29, 0.717) is 12.1 Å². The number of rotatable bonds is 5. The second-order valence-corrected chi connectivity index (χ2v) is 8.35. The van der Waals surface area contributed by atoms with Crippen molar-refractivity contribution in [2.45, 2.75) is 17.1 Å². The summed E-state index contributed by atoms with van der Waals surface area (Å²) < 4.78 is 0.919. The number of carbonyl (C=O) groups is 1. The number of halogens is 1. The predicted octanol–water partition coefficient (Wildman–Crippen LogP) is 5.36. The third kappa shape index (κ3) is 3.61. The van der Waals surface area contributed by atoms with E-state index in [4.69, 9.17) is 0 Å². The highest BCUT2D eigenvalue weighted by Gasteiger charge is 2.33. The molecule has 28 heavy (non-hydrogen) atoms. The van der Waals surface area contributed by atoms with Crippen LogP contribution in [0, 0.1) is 10.1 Å². The standard InChI is InChI=1S/C20H16IN3O3S/c21-11-15-9-10-18(28-15)19-22-17-4-2-1-3-16(17)20(25)23(19)12-13-5-7-14(8-6-13)24(26)27/h1-10,19,22H,11-12H2. The number of non-ortho nitro benzene ring substituents is 1. The highest BCUT2D eigenvalue weighted by Crippen LogP contribution is 2.37. The SMILES string of the molecule is O=C1c2ccccc2NC(c2ccc(CI)s2)N1Cc1ccc([N+](=O)[O-])cc1. The number of fused-ring (bicyclic) bond motifs is 1.